The maximum atomic E-state index is 12.8. The van der Waals surface area contributed by atoms with Crippen LogP contribution in [0.15, 0.2) is 41.5 Å². The number of rotatable bonds is 8. The molecule has 154 valence electrons. The van der Waals surface area contributed by atoms with Gasteiger partial charge in [-0.2, -0.15) is 0 Å². The predicted molar refractivity (Wildman–Crippen MR) is 114 cm³/mol. The van der Waals surface area contributed by atoms with Crippen molar-refractivity contribution in [3.63, 3.8) is 0 Å². The zero-order valence-electron chi connectivity index (χ0n) is 17.0. The number of ether oxygens (including phenoxy) is 3. The molecule has 0 saturated heterocycles. The number of hydrogen-bond acceptors (Lipinski definition) is 6. The first-order valence-corrected chi connectivity index (χ1v) is 10.4. The molecule has 7 nitrogen and oxygen atoms in total. The lowest BCUT2D eigenvalue weighted by atomic mass is 10.1. The fourth-order valence-corrected chi connectivity index (χ4v) is 3.85. The molecule has 0 unspecified atom stereocenters. The van der Waals surface area contributed by atoms with E-state index in [2.05, 4.69) is 10.5 Å². The molecule has 1 amide bonds. The number of para-hydroxylation sites is 1. The van der Waals surface area contributed by atoms with Gasteiger partial charge < -0.3 is 18.8 Å². The van der Waals surface area contributed by atoms with Gasteiger partial charge in [0.05, 0.1) is 30.0 Å². The number of amides is 1. The minimum absolute atomic E-state index is 0.354. The molecule has 0 atom stereocenters. The summed E-state index contributed by atoms with van der Waals surface area (Å²) in [6.07, 6.45) is 0. The van der Waals surface area contributed by atoms with Crippen molar-refractivity contribution < 1.29 is 19.0 Å². The fraction of sp³-hybridized carbons (Fsp3) is 0.333. The van der Waals surface area contributed by atoms with E-state index in [1.807, 2.05) is 56.7 Å². The number of fused-ring (bicyclic) bond motifs is 1. The lowest BCUT2D eigenvalue weighted by Gasteiger charge is -2.16. The van der Waals surface area contributed by atoms with Crippen molar-refractivity contribution in [2.24, 2.45) is 12.1 Å². The second-order valence-electron chi connectivity index (χ2n) is 6.06. The maximum absolute atomic E-state index is 12.8. The van der Waals surface area contributed by atoms with E-state index < -0.39 is 0 Å². The lowest BCUT2D eigenvalue weighted by Crippen LogP contribution is -2.23. The van der Waals surface area contributed by atoms with E-state index >= 15 is 0 Å². The molecular formula is C21H25N3O4S. The summed E-state index contributed by atoms with van der Waals surface area (Å²) in [5, 5.41) is 4.30. The van der Waals surface area contributed by atoms with Gasteiger partial charge in [0.15, 0.2) is 11.5 Å². The quantitative estimate of drug-likeness (QED) is 0.570. The highest BCUT2D eigenvalue weighted by Crippen LogP contribution is 2.39. The first-order valence-electron chi connectivity index (χ1n) is 9.54. The van der Waals surface area contributed by atoms with Crippen LogP contribution in [-0.2, 0) is 7.05 Å². The molecule has 3 aromatic rings. The van der Waals surface area contributed by atoms with Crippen LogP contribution in [0.25, 0.3) is 10.2 Å². The second-order valence-corrected chi connectivity index (χ2v) is 7.07. The largest absolute Gasteiger partial charge is 0.490 e. The number of benzene rings is 2. The fourth-order valence-electron chi connectivity index (χ4n) is 2.87. The molecule has 29 heavy (non-hydrogen) atoms. The highest BCUT2D eigenvalue weighted by Gasteiger charge is 2.18. The summed E-state index contributed by atoms with van der Waals surface area (Å²) < 4.78 is 20.1. The van der Waals surface area contributed by atoms with Crippen molar-refractivity contribution in [1.29, 1.82) is 0 Å². The zero-order chi connectivity index (χ0) is 20.8. The van der Waals surface area contributed by atoms with Crippen LogP contribution in [0.1, 0.15) is 31.1 Å². The van der Waals surface area contributed by atoms with Crippen molar-refractivity contribution in [3.8, 4) is 17.2 Å². The van der Waals surface area contributed by atoms with Crippen LogP contribution in [0, 0.1) is 0 Å². The number of hydrogen-bond donors (Lipinski definition) is 1. The topological polar surface area (TPSA) is 74.1 Å². The average molecular weight is 416 g/mol. The smallest absolute Gasteiger partial charge is 0.271 e. The summed E-state index contributed by atoms with van der Waals surface area (Å²) in [7, 11) is 1.92. The van der Waals surface area contributed by atoms with Crippen LogP contribution in [0.2, 0.25) is 0 Å². The number of nitrogens with zero attached hydrogens (tertiary/aromatic N) is 2. The third kappa shape index (κ3) is 4.54. The summed E-state index contributed by atoms with van der Waals surface area (Å²) in [6, 6.07) is 11.3. The summed E-state index contributed by atoms with van der Waals surface area (Å²) in [6.45, 7) is 6.98. The highest BCUT2D eigenvalue weighted by molar-refractivity contribution is 7.16. The Morgan fingerprint density at radius 3 is 2.24 bits per heavy atom. The number of aryl methyl sites for hydroxylation is 1. The molecule has 0 radical (unpaired) electrons. The summed E-state index contributed by atoms with van der Waals surface area (Å²) in [5.74, 6) is 1.09. The predicted octanol–water partition coefficient (Wildman–Crippen LogP) is 3.68. The monoisotopic (exact) mass is 415 g/mol. The Hall–Kier alpha value is -3.00. The number of carbonyl (C=O) groups excluding carboxylic acids is 1. The van der Waals surface area contributed by atoms with E-state index in [-0.39, 0.29) is 5.91 Å². The molecule has 0 saturated carbocycles. The summed E-state index contributed by atoms with van der Waals surface area (Å²) in [4.78, 5) is 13.5. The normalized spacial score (nSPS) is 11.5. The van der Waals surface area contributed by atoms with Crippen molar-refractivity contribution in [2.75, 3.05) is 19.8 Å². The molecular weight excluding hydrogens is 390 g/mol. The Labute approximate surface area is 173 Å². The number of aromatic nitrogens is 1. The molecule has 1 aromatic heterocycles. The van der Waals surface area contributed by atoms with Gasteiger partial charge in [0, 0.05) is 12.6 Å². The Kier molecular flexibility index (Phi) is 6.77. The number of nitrogens with one attached hydrogen (secondary N) is 1. The van der Waals surface area contributed by atoms with E-state index in [1.54, 1.807) is 12.1 Å². The SMILES string of the molecule is CCOc1cc(C(=O)N/N=c2/sc3ccccc3n2C)cc(OCC)c1OCC. The Bertz CT molecular complexity index is 1040. The number of carbonyl (C=O) groups is 1. The molecule has 0 aliphatic carbocycles. The first kappa shape index (κ1) is 20.7. The summed E-state index contributed by atoms with van der Waals surface area (Å²) >= 11 is 1.50. The van der Waals surface area contributed by atoms with Crippen molar-refractivity contribution >= 4 is 27.5 Å². The van der Waals surface area contributed by atoms with Crippen molar-refractivity contribution in [1.82, 2.24) is 9.99 Å². The molecule has 1 N–H and O–H groups in total. The van der Waals surface area contributed by atoms with Crippen LogP contribution in [-0.4, -0.2) is 30.3 Å². The van der Waals surface area contributed by atoms with Crippen molar-refractivity contribution in [3.05, 3.63) is 46.8 Å². The molecule has 3 rings (SSSR count). The number of thiazole rings is 1. The third-order valence-corrected chi connectivity index (χ3v) is 5.25. The van der Waals surface area contributed by atoms with Crippen LogP contribution in [0.3, 0.4) is 0 Å². The standard InChI is InChI=1S/C21H25N3O4S/c1-5-26-16-12-14(13-17(27-6-2)19(16)28-7-3)20(25)22-23-21-24(4)15-10-8-9-11-18(15)29-21/h8-13H,5-7H2,1-4H3,(H,22,25)/b23-21+. The van der Waals surface area contributed by atoms with Crippen LogP contribution >= 0.6 is 11.3 Å². The molecule has 0 spiro atoms. The highest BCUT2D eigenvalue weighted by atomic mass is 32.1. The minimum Gasteiger partial charge on any atom is -0.490 e. The van der Waals surface area contributed by atoms with Gasteiger partial charge in [-0.3, -0.25) is 4.79 Å². The Morgan fingerprint density at radius 2 is 1.66 bits per heavy atom. The lowest BCUT2D eigenvalue weighted by molar-refractivity contribution is 0.0952. The minimum atomic E-state index is -0.354. The summed E-state index contributed by atoms with van der Waals surface area (Å²) in [5.41, 5.74) is 4.07. The van der Waals surface area contributed by atoms with Crippen molar-refractivity contribution in [2.45, 2.75) is 20.8 Å². The molecule has 0 aliphatic heterocycles. The van der Waals surface area contributed by atoms with Gasteiger partial charge in [0.1, 0.15) is 0 Å². The van der Waals surface area contributed by atoms with E-state index in [9.17, 15) is 4.79 Å². The van der Waals surface area contributed by atoms with Gasteiger partial charge in [-0.1, -0.05) is 23.5 Å². The Balaban J connectivity index is 1.94. The average Bonchev–Trinajstić information content (AvgIpc) is 3.04. The van der Waals surface area contributed by atoms with Gasteiger partial charge in [0.25, 0.3) is 5.91 Å². The van der Waals surface area contributed by atoms with E-state index in [0.717, 1.165) is 10.2 Å². The first-order chi connectivity index (χ1) is 14.1. The van der Waals surface area contributed by atoms with Crippen LogP contribution < -0.4 is 24.4 Å². The van der Waals surface area contributed by atoms with Crippen LogP contribution in [0.5, 0.6) is 17.2 Å². The zero-order valence-corrected chi connectivity index (χ0v) is 17.8. The third-order valence-electron chi connectivity index (χ3n) is 4.14. The second kappa shape index (κ2) is 9.47. The molecule has 0 fully saturated rings. The molecule has 0 aliphatic rings. The maximum Gasteiger partial charge on any atom is 0.271 e. The Morgan fingerprint density at radius 1 is 1.03 bits per heavy atom. The van der Waals surface area contributed by atoms with Gasteiger partial charge in [0.2, 0.25) is 10.6 Å². The molecule has 1 heterocycles. The van der Waals surface area contributed by atoms with Gasteiger partial charge in [-0.05, 0) is 45.0 Å². The van der Waals surface area contributed by atoms with Gasteiger partial charge in [-0.25, -0.2) is 5.43 Å². The molecule has 2 aromatic carbocycles. The molecule has 8 heteroatoms. The molecule has 0 bridgehead atoms. The van der Waals surface area contributed by atoms with E-state index in [4.69, 9.17) is 14.2 Å². The van der Waals surface area contributed by atoms with E-state index in [0.29, 0.717) is 47.4 Å². The van der Waals surface area contributed by atoms with Gasteiger partial charge >= 0.3 is 0 Å². The van der Waals surface area contributed by atoms with Gasteiger partial charge in [-0.15, -0.1) is 5.10 Å². The van der Waals surface area contributed by atoms with Crippen LogP contribution in [0.4, 0.5) is 0 Å². The van der Waals surface area contributed by atoms with E-state index in [1.165, 1.54) is 11.3 Å².